The van der Waals surface area contributed by atoms with Crippen LogP contribution < -0.4 is 0 Å². The molecule has 26 heavy (non-hydrogen) atoms. The highest BCUT2D eigenvalue weighted by Gasteiger charge is 2.43. The highest BCUT2D eigenvalue weighted by atomic mass is 35.5. The molecular formula is C20H25Cl2NO3. The predicted molar refractivity (Wildman–Crippen MR) is 102 cm³/mol. The fourth-order valence-corrected chi connectivity index (χ4v) is 4.47. The number of rotatable bonds is 6. The number of carbonyl (C=O) groups excluding carboxylic acids is 1. The molecule has 1 saturated carbocycles. The Balaban J connectivity index is 1.60. The number of amides is 1. The fraction of sp³-hybridized carbons (Fsp3) is 0.650. The Kier molecular flexibility index (Phi) is 5.47. The molecule has 0 spiro atoms. The molecule has 4 rings (SSSR count). The quantitative estimate of drug-likeness (QED) is 0.712. The van der Waals surface area contributed by atoms with E-state index in [0.29, 0.717) is 36.2 Å². The van der Waals surface area contributed by atoms with Gasteiger partial charge in [0.2, 0.25) is 5.91 Å². The molecule has 0 aromatic heterocycles. The molecule has 0 unspecified atom stereocenters. The Morgan fingerprint density at radius 1 is 1.15 bits per heavy atom. The van der Waals surface area contributed by atoms with Crippen LogP contribution in [-0.2, 0) is 19.7 Å². The molecule has 1 atom stereocenters. The average molecular weight is 398 g/mol. The summed E-state index contributed by atoms with van der Waals surface area (Å²) in [4.78, 5) is 14.6. The maximum Gasteiger partial charge on any atom is 0.222 e. The predicted octanol–water partition coefficient (Wildman–Crippen LogP) is 4.42. The second-order valence-corrected chi connectivity index (χ2v) is 8.65. The average Bonchev–Trinajstić information content (AvgIpc) is 3.33. The molecule has 3 fully saturated rings. The molecule has 1 aromatic carbocycles. The lowest BCUT2D eigenvalue weighted by molar-refractivity contribution is -0.138. The van der Waals surface area contributed by atoms with Crippen LogP contribution in [0.15, 0.2) is 18.2 Å². The van der Waals surface area contributed by atoms with E-state index < -0.39 is 0 Å². The molecule has 3 aliphatic rings. The van der Waals surface area contributed by atoms with Gasteiger partial charge in [0.05, 0.1) is 23.3 Å². The van der Waals surface area contributed by atoms with Crippen LogP contribution in [0.25, 0.3) is 0 Å². The minimum atomic E-state index is -0.220. The third-order valence-electron chi connectivity index (χ3n) is 5.95. The summed E-state index contributed by atoms with van der Waals surface area (Å²) >= 11 is 12.4. The second-order valence-electron chi connectivity index (χ2n) is 7.83. The number of piperidine rings is 1. The molecule has 0 bridgehead atoms. The first-order valence-electron chi connectivity index (χ1n) is 9.52. The first-order chi connectivity index (χ1) is 12.6. The molecule has 1 aliphatic carbocycles. The van der Waals surface area contributed by atoms with E-state index in [0.717, 1.165) is 37.3 Å². The van der Waals surface area contributed by atoms with Crippen molar-refractivity contribution in [2.75, 3.05) is 26.3 Å². The zero-order chi connectivity index (χ0) is 18.1. The van der Waals surface area contributed by atoms with Crippen LogP contribution in [0.1, 0.15) is 44.1 Å². The van der Waals surface area contributed by atoms with Gasteiger partial charge in [0.15, 0.2) is 6.29 Å². The van der Waals surface area contributed by atoms with Crippen LogP contribution in [0.3, 0.4) is 0 Å². The third-order valence-corrected chi connectivity index (χ3v) is 6.69. The molecule has 4 nitrogen and oxygen atoms in total. The van der Waals surface area contributed by atoms with Crippen LogP contribution in [0.5, 0.6) is 0 Å². The van der Waals surface area contributed by atoms with E-state index in [1.165, 1.54) is 12.8 Å². The zero-order valence-electron chi connectivity index (χ0n) is 14.9. The van der Waals surface area contributed by atoms with Crippen LogP contribution in [0.4, 0.5) is 0 Å². The smallest absolute Gasteiger partial charge is 0.222 e. The molecule has 6 heteroatoms. The van der Waals surface area contributed by atoms with Gasteiger partial charge >= 0.3 is 0 Å². The second kappa shape index (κ2) is 7.67. The molecule has 1 aromatic rings. The first kappa shape index (κ1) is 18.5. The number of carbonyl (C=O) groups is 1. The molecule has 0 N–H and O–H groups in total. The minimum Gasteiger partial charge on any atom is -0.350 e. The summed E-state index contributed by atoms with van der Waals surface area (Å²) in [6.45, 7) is 2.80. The van der Waals surface area contributed by atoms with Gasteiger partial charge in [-0.05, 0) is 36.5 Å². The Morgan fingerprint density at radius 2 is 1.92 bits per heavy atom. The molecule has 142 valence electrons. The zero-order valence-corrected chi connectivity index (χ0v) is 16.4. The Labute approximate surface area is 164 Å². The minimum absolute atomic E-state index is 0.208. The van der Waals surface area contributed by atoms with Gasteiger partial charge in [0.1, 0.15) is 0 Å². The van der Waals surface area contributed by atoms with Crippen LogP contribution in [-0.4, -0.2) is 43.4 Å². The summed E-state index contributed by atoms with van der Waals surface area (Å²) in [5, 5.41) is 1.11. The van der Waals surface area contributed by atoms with E-state index in [4.69, 9.17) is 32.7 Å². The van der Waals surface area contributed by atoms with Crippen molar-refractivity contribution in [2.24, 2.45) is 5.92 Å². The SMILES string of the molecule is O=C1CC[C@](CC2OCCO2)(c2ccc(Cl)c(Cl)c2)CN1CCC1CC1. The number of nitrogens with zero attached hydrogens (tertiary/aromatic N) is 1. The number of ether oxygens (including phenoxy) is 2. The van der Waals surface area contributed by atoms with Crippen molar-refractivity contribution in [1.29, 1.82) is 0 Å². The molecule has 1 amide bonds. The van der Waals surface area contributed by atoms with Gasteiger partial charge in [-0.25, -0.2) is 0 Å². The van der Waals surface area contributed by atoms with E-state index in [2.05, 4.69) is 0 Å². The number of hydrogen-bond donors (Lipinski definition) is 0. The van der Waals surface area contributed by atoms with E-state index in [1.807, 2.05) is 23.1 Å². The van der Waals surface area contributed by atoms with Crippen LogP contribution in [0, 0.1) is 5.92 Å². The summed E-state index contributed by atoms with van der Waals surface area (Å²) in [6, 6.07) is 5.84. The summed E-state index contributed by atoms with van der Waals surface area (Å²) < 4.78 is 11.5. The van der Waals surface area contributed by atoms with E-state index in [9.17, 15) is 4.79 Å². The lowest BCUT2D eigenvalue weighted by Crippen LogP contribution is -2.50. The standard InChI is InChI=1S/C20H25Cl2NO3/c21-16-4-3-15(11-17(16)22)20(12-19-25-9-10-26-19)7-5-18(24)23(13-20)8-6-14-1-2-14/h3-4,11,14,19H,1-2,5-10,12-13H2/t20-/m1/s1. The van der Waals surface area contributed by atoms with Crippen molar-refractivity contribution in [2.45, 2.75) is 50.2 Å². The van der Waals surface area contributed by atoms with E-state index in [1.54, 1.807) is 0 Å². The first-order valence-corrected chi connectivity index (χ1v) is 10.3. The van der Waals surface area contributed by atoms with E-state index in [-0.39, 0.29) is 17.6 Å². The maximum atomic E-state index is 12.5. The van der Waals surface area contributed by atoms with Crippen molar-refractivity contribution in [1.82, 2.24) is 4.90 Å². The summed E-state index contributed by atoms with van der Waals surface area (Å²) in [5.74, 6) is 1.07. The maximum absolute atomic E-state index is 12.5. The summed E-state index contributed by atoms with van der Waals surface area (Å²) in [7, 11) is 0. The largest absolute Gasteiger partial charge is 0.350 e. The Bertz CT molecular complexity index is 673. The Hall–Kier alpha value is -0.810. The van der Waals surface area contributed by atoms with Crippen molar-refractivity contribution >= 4 is 29.1 Å². The normalized spacial score (nSPS) is 27.3. The van der Waals surface area contributed by atoms with Crippen molar-refractivity contribution in [3.8, 4) is 0 Å². The van der Waals surface area contributed by atoms with E-state index >= 15 is 0 Å². The summed E-state index contributed by atoms with van der Waals surface area (Å²) in [6.07, 6.45) is 5.58. The molecular weight excluding hydrogens is 373 g/mol. The van der Waals surface area contributed by atoms with Gasteiger partial charge in [-0.15, -0.1) is 0 Å². The van der Waals surface area contributed by atoms with Gasteiger partial charge in [-0.2, -0.15) is 0 Å². The van der Waals surface area contributed by atoms with Gasteiger partial charge in [0.25, 0.3) is 0 Å². The number of benzene rings is 1. The number of likely N-dealkylation sites (tertiary alicyclic amines) is 1. The van der Waals surface area contributed by atoms with Gasteiger partial charge < -0.3 is 14.4 Å². The highest BCUT2D eigenvalue weighted by molar-refractivity contribution is 6.42. The summed E-state index contributed by atoms with van der Waals surface area (Å²) in [5.41, 5.74) is 0.913. The fourth-order valence-electron chi connectivity index (χ4n) is 4.18. The monoisotopic (exact) mass is 397 g/mol. The van der Waals surface area contributed by atoms with Gasteiger partial charge in [0, 0.05) is 31.3 Å². The highest BCUT2D eigenvalue weighted by Crippen LogP contribution is 2.42. The molecule has 2 saturated heterocycles. The molecule has 0 radical (unpaired) electrons. The molecule has 2 aliphatic heterocycles. The van der Waals surface area contributed by atoms with Crippen molar-refractivity contribution in [3.05, 3.63) is 33.8 Å². The lowest BCUT2D eigenvalue weighted by atomic mass is 9.71. The van der Waals surface area contributed by atoms with Crippen LogP contribution in [0.2, 0.25) is 10.0 Å². The topological polar surface area (TPSA) is 38.8 Å². The van der Waals surface area contributed by atoms with Crippen LogP contribution >= 0.6 is 23.2 Å². The van der Waals surface area contributed by atoms with Gasteiger partial charge in [-0.3, -0.25) is 4.79 Å². The Morgan fingerprint density at radius 3 is 2.62 bits per heavy atom. The van der Waals surface area contributed by atoms with Crippen molar-refractivity contribution < 1.29 is 14.3 Å². The lowest BCUT2D eigenvalue weighted by Gasteiger charge is -2.44. The number of hydrogen-bond acceptors (Lipinski definition) is 3. The third kappa shape index (κ3) is 4.04. The van der Waals surface area contributed by atoms with Crippen molar-refractivity contribution in [3.63, 3.8) is 0 Å². The number of halogens is 2. The van der Waals surface area contributed by atoms with Gasteiger partial charge in [-0.1, -0.05) is 42.1 Å². The molecule has 2 heterocycles.